The maximum Gasteiger partial charge on any atom is 0.274 e. The van der Waals surface area contributed by atoms with Crippen molar-refractivity contribution < 1.29 is 4.92 Å². The van der Waals surface area contributed by atoms with Crippen molar-refractivity contribution in [1.82, 2.24) is 25.4 Å². The van der Waals surface area contributed by atoms with Gasteiger partial charge in [-0.3, -0.25) is 14.8 Å². The van der Waals surface area contributed by atoms with Gasteiger partial charge in [-0.25, -0.2) is 9.98 Å². The summed E-state index contributed by atoms with van der Waals surface area (Å²) < 4.78 is 1.67. The molecule has 23 heavy (non-hydrogen) atoms. The summed E-state index contributed by atoms with van der Waals surface area (Å²) in [6, 6.07) is 6.58. The summed E-state index contributed by atoms with van der Waals surface area (Å²) in [5.74, 6) is 1.33. The second-order valence-electron chi connectivity index (χ2n) is 4.73. The number of aliphatic imine (C=N–C) groups is 1. The lowest BCUT2D eigenvalue weighted by Crippen LogP contribution is -2.37. The van der Waals surface area contributed by atoms with E-state index in [-0.39, 0.29) is 12.2 Å². The molecule has 0 atom stereocenters. The molecule has 0 saturated carbocycles. The van der Waals surface area contributed by atoms with Crippen LogP contribution in [0.1, 0.15) is 18.3 Å². The minimum absolute atomic E-state index is 0.0698. The Morgan fingerprint density at radius 1 is 1.39 bits per heavy atom. The first-order valence-corrected chi connectivity index (χ1v) is 7.19. The number of aromatic nitrogens is 3. The van der Waals surface area contributed by atoms with Crippen LogP contribution in [-0.4, -0.2) is 32.2 Å². The number of nitrogens with one attached hydrogen (secondary N) is 2. The van der Waals surface area contributed by atoms with Gasteiger partial charge in [0.15, 0.2) is 5.96 Å². The summed E-state index contributed by atoms with van der Waals surface area (Å²) in [6.45, 7) is 3.30. The number of hydrogen-bond donors (Lipinski definition) is 2. The van der Waals surface area contributed by atoms with Gasteiger partial charge in [0, 0.05) is 19.7 Å². The summed E-state index contributed by atoms with van der Waals surface area (Å²) in [4.78, 5) is 19.1. The predicted molar refractivity (Wildman–Crippen MR) is 85.8 cm³/mol. The number of nitrogens with zero attached hydrogens (tertiary/aromatic N) is 5. The van der Waals surface area contributed by atoms with E-state index in [1.807, 2.05) is 6.92 Å². The van der Waals surface area contributed by atoms with Crippen molar-refractivity contribution in [2.24, 2.45) is 12.0 Å². The molecular formula is C14H19N7O2. The minimum atomic E-state index is -0.398. The van der Waals surface area contributed by atoms with E-state index in [1.165, 1.54) is 12.4 Å². The van der Waals surface area contributed by atoms with Gasteiger partial charge < -0.3 is 10.6 Å². The molecular weight excluding hydrogens is 298 g/mol. The number of benzene rings is 1. The van der Waals surface area contributed by atoms with Crippen LogP contribution in [0.15, 0.2) is 35.6 Å². The zero-order valence-electron chi connectivity index (χ0n) is 13.1. The highest BCUT2D eigenvalue weighted by molar-refractivity contribution is 5.79. The number of rotatable bonds is 6. The SMILES string of the molecule is CCNC(=NCc1ccccc1[N+](=O)[O-])NCc1ncnn1C. The second kappa shape index (κ2) is 7.87. The molecule has 2 rings (SSSR count). The lowest BCUT2D eigenvalue weighted by molar-refractivity contribution is -0.385. The van der Waals surface area contributed by atoms with Gasteiger partial charge >= 0.3 is 0 Å². The van der Waals surface area contributed by atoms with Crippen LogP contribution in [0, 0.1) is 10.1 Å². The molecule has 0 radical (unpaired) electrons. The van der Waals surface area contributed by atoms with Crippen LogP contribution in [0.2, 0.25) is 0 Å². The van der Waals surface area contributed by atoms with Crippen LogP contribution in [-0.2, 0) is 20.1 Å². The largest absolute Gasteiger partial charge is 0.357 e. The number of nitro groups is 1. The average Bonchev–Trinajstić information content (AvgIpc) is 2.95. The van der Waals surface area contributed by atoms with E-state index in [0.29, 0.717) is 24.6 Å². The third-order valence-corrected chi connectivity index (χ3v) is 3.16. The summed E-state index contributed by atoms with van der Waals surface area (Å²) in [5.41, 5.74) is 0.633. The Bertz CT molecular complexity index is 696. The summed E-state index contributed by atoms with van der Waals surface area (Å²) >= 11 is 0. The molecule has 0 saturated heterocycles. The number of guanidine groups is 1. The standard InChI is InChI=1S/C14H19N7O2/c1-3-15-14(17-9-13-18-10-19-20(13)2)16-8-11-6-4-5-7-12(11)21(22)23/h4-7,10H,3,8-9H2,1-2H3,(H2,15,16,17). The van der Waals surface area contributed by atoms with Crippen LogP contribution >= 0.6 is 0 Å². The molecule has 122 valence electrons. The Balaban J connectivity index is 2.07. The highest BCUT2D eigenvalue weighted by Crippen LogP contribution is 2.18. The molecule has 0 aliphatic rings. The maximum absolute atomic E-state index is 11.0. The molecule has 1 heterocycles. The molecule has 9 nitrogen and oxygen atoms in total. The van der Waals surface area contributed by atoms with Crippen LogP contribution in [0.4, 0.5) is 5.69 Å². The zero-order valence-corrected chi connectivity index (χ0v) is 13.1. The monoisotopic (exact) mass is 317 g/mol. The molecule has 0 amide bonds. The summed E-state index contributed by atoms with van der Waals surface area (Å²) in [7, 11) is 1.81. The molecule has 0 fully saturated rings. The van der Waals surface area contributed by atoms with E-state index in [1.54, 1.807) is 29.9 Å². The maximum atomic E-state index is 11.0. The zero-order chi connectivity index (χ0) is 16.7. The van der Waals surface area contributed by atoms with Crippen molar-refractivity contribution >= 4 is 11.6 Å². The van der Waals surface area contributed by atoms with Gasteiger partial charge in [0.2, 0.25) is 0 Å². The highest BCUT2D eigenvalue weighted by Gasteiger charge is 2.11. The normalized spacial score (nSPS) is 11.3. The summed E-state index contributed by atoms with van der Waals surface area (Å²) in [6.07, 6.45) is 1.48. The molecule has 0 aliphatic heterocycles. The van der Waals surface area contributed by atoms with Crippen LogP contribution in [0.3, 0.4) is 0 Å². The molecule has 1 aromatic heterocycles. The van der Waals surface area contributed by atoms with Crippen molar-refractivity contribution in [2.45, 2.75) is 20.0 Å². The van der Waals surface area contributed by atoms with Gasteiger partial charge in [0.25, 0.3) is 5.69 Å². The van der Waals surface area contributed by atoms with Crippen LogP contribution in [0.25, 0.3) is 0 Å². The average molecular weight is 317 g/mol. The van der Waals surface area contributed by atoms with Crippen LogP contribution in [0.5, 0.6) is 0 Å². The quantitative estimate of drug-likeness (QED) is 0.356. The molecule has 9 heteroatoms. The molecule has 0 aliphatic carbocycles. The third-order valence-electron chi connectivity index (χ3n) is 3.16. The first-order chi connectivity index (χ1) is 11.1. The van der Waals surface area contributed by atoms with E-state index >= 15 is 0 Å². The van der Waals surface area contributed by atoms with Crippen molar-refractivity contribution in [1.29, 1.82) is 0 Å². The van der Waals surface area contributed by atoms with Gasteiger partial charge in [-0.05, 0) is 6.92 Å². The van der Waals surface area contributed by atoms with E-state index in [2.05, 4.69) is 25.7 Å². The smallest absolute Gasteiger partial charge is 0.274 e. The fourth-order valence-corrected chi connectivity index (χ4v) is 1.97. The lowest BCUT2D eigenvalue weighted by atomic mass is 10.2. The lowest BCUT2D eigenvalue weighted by Gasteiger charge is -2.10. The Morgan fingerprint density at radius 3 is 2.83 bits per heavy atom. The van der Waals surface area contributed by atoms with Crippen molar-refractivity contribution in [2.75, 3.05) is 6.54 Å². The molecule has 1 aromatic carbocycles. The van der Waals surface area contributed by atoms with Gasteiger partial charge in [0.1, 0.15) is 12.2 Å². The van der Waals surface area contributed by atoms with Crippen molar-refractivity contribution in [3.05, 3.63) is 52.1 Å². The first-order valence-electron chi connectivity index (χ1n) is 7.19. The van der Waals surface area contributed by atoms with E-state index in [0.717, 1.165) is 5.82 Å². The number of para-hydroxylation sites is 1. The summed E-state index contributed by atoms with van der Waals surface area (Å²) in [5, 5.41) is 21.2. The van der Waals surface area contributed by atoms with E-state index < -0.39 is 4.92 Å². The number of nitro benzene ring substituents is 1. The Hall–Kier alpha value is -2.97. The first kappa shape index (κ1) is 16.4. The molecule has 0 unspecified atom stereocenters. The molecule has 0 spiro atoms. The topological polar surface area (TPSA) is 110 Å². The minimum Gasteiger partial charge on any atom is -0.357 e. The van der Waals surface area contributed by atoms with Gasteiger partial charge in [0.05, 0.1) is 23.6 Å². The van der Waals surface area contributed by atoms with Crippen molar-refractivity contribution in [3.8, 4) is 0 Å². The Morgan fingerprint density at radius 2 is 2.17 bits per heavy atom. The Kier molecular flexibility index (Phi) is 5.61. The predicted octanol–water partition coefficient (Wildman–Crippen LogP) is 0.979. The van der Waals surface area contributed by atoms with E-state index in [9.17, 15) is 10.1 Å². The van der Waals surface area contributed by atoms with Crippen molar-refractivity contribution in [3.63, 3.8) is 0 Å². The number of hydrogen-bond acceptors (Lipinski definition) is 5. The van der Waals surface area contributed by atoms with Gasteiger partial charge in [-0.1, -0.05) is 18.2 Å². The second-order valence-corrected chi connectivity index (χ2v) is 4.73. The fraction of sp³-hybridized carbons (Fsp3) is 0.357. The molecule has 2 N–H and O–H groups in total. The van der Waals surface area contributed by atoms with Gasteiger partial charge in [-0.15, -0.1) is 0 Å². The molecule has 0 bridgehead atoms. The highest BCUT2D eigenvalue weighted by atomic mass is 16.6. The van der Waals surface area contributed by atoms with Gasteiger partial charge in [-0.2, -0.15) is 5.10 Å². The number of aryl methyl sites for hydroxylation is 1. The third kappa shape index (κ3) is 4.50. The fourth-order valence-electron chi connectivity index (χ4n) is 1.97. The Labute approximate surface area is 133 Å². The van der Waals surface area contributed by atoms with E-state index in [4.69, 9.17) is 0 Å². The molecule has 2 aromatic rings. The van der Waals surface area contributed by atoms with Crippen LogP contribution < -0.4 is 10.6 Å².